The number of unbranched alkanes of at least 4 members (excludes halogenated alkanes) is 1. The van der Waals surface area contributed by atoms with Crippen molar-refractivity contribution in [1.29, 1.82) is 0 Å². The molecule has 0 aliphatic heterocycles. The fraction of sp³-hybridized carbons (Fsp3) is 0.562. The van der Waals surface area contributed by atoms with Gasteiger partial charge in [0.15, 0.2) is 0 Å². The lowest BCUT2D eigenvalue weighted by atomic mass is 9.94. The second-order valence-electron chi connectivity index (χ2n) is 5.87. The molecule has 21 heavy (non-hydrogen) atoms. The smallest absolute Gasteiger partial charge is 0.237 e. The van der Waals surface area contributed by atoms with Crippen molar-refractivity contribution >= 4 is 17.7 Å². The standard InChI is InChI=1S/C16H23FN2OS/c1-16(15(18)20,19-13-6-7-13)10-2-3-11-21-14-8-4-12(17)5-9-14/h4-5,8-9,13,19H,2-3,6-7,10-11H2,1H3,(H2,18,20). The van der Waals surface area contributed by atoms with E-state index < -0.39 is 5.54 Å². The lowest BCUT2D eigenvalue weighted by Crippen LogP contribution is -2.53. The molecule has 3 N–H and O–H groups in total. The molecule has 116 valence electrons. The monoisotopic (exact) mass is 310 g/mol. The van der Waals surface area contributed by atoms with Crippen molar-refractivity contribution in [3.8, 4) is 0 Å². The zero-order chi connectivity index (χ0) is 15.3. The minimum Gasteiger partial charge on any atom is -0.368 e. The highest BCUT2D eigenvalue weighted by molar-refractivity contribution is 7.99. The van der Waals surface area contributed by atoms with E-state index in [1.807, 2.05) is 6.92 Å². The van der Waals surface area contributed by atoms with E-state index in [0.717, 1.165) is 42.8 Å². The Balaban J connectivity index is 1.67. The zero-order valence-corrected chi connectivity index (χ0v) is 13.2. The van der Waals surface area contributed by atoms with Crippen LogP contribution in [0.4, 0.5) is 4.39 Å². The number of nitrogens with one attached hydrogen (secondary N) is 1. The normalized spacial score (nSPS) is 17.4. The van der Waals surface area contributed by atoms with Gasteiger partial charge in [-0.2, -0.15) is 0 Å². The number of nitrogens with two attached hydrogens (primary N) is 1. The van der Waals surface area contributed by atoms with Gasteiger partial charge in [0.1, 0.15) is 5.82 Å². The van der Waals surface area contributed by atoms with Gasteiger partial charge in [0.25, 0.3) is 0 Å². The third-order valence-corrected chi connectivity index (χ3v) is 4.90. The maximum atomic E-state index is 12.8. The largest absolute Gasteiger partial charge is 0.368 e. The Morgan fingerprint density at radius 2 is 2.05 bits per heavy atom. The summed E-state index contributed by atoms with van der Waals surface area (Å²) in [6.45, 7) is 1.90. The Labute approximate surface area is 129 Å². The summed E-state index contributed by atoms with van der Waals surface area (Å²) in [7, 11) is 0. The lowest BCUT2D eigenvalue weighted by Gasteiger charge is -2.27. The van der Waals surface area contributed by atoms with Crippen LogP contribution >= 0.6 is 11.8 Å². The van der Waals surface area contributed by atoms with Gasteiger partial charge in [-0.05, 0) is 62.6 Å². The minimum absolute atomic E-state index is 0.206. The van der Waals surface area contributed by atoms with Crippen LogP contribution in [0.5, 0.6) is 0 Å². The van der Waals surface area contributed by atoms with E-state index in [1.54, 1.807) is 23.9 Å². The van der Waals surface area contributed by atoms with Crippen LogP contribution in [-0.2, 0) is 4.79 Å². The van der Waals surface area contributed by atoms with E-state index in [4.69, 9.17) is 5.73 Å². The highest BCUT2D eigenvalue weighted by Crippen LogP contribution is 2.26. The van der Waals surface area contributed by atoms with Crippen molar-refractivity contribution in [2.24, 2.45) is 5.73 Å². The Bertz CT molecular complexity index is 476. The average molecular weight is 310 g/mol. The zero-order valence-electron chi connectivity index (χ0n) is 12.4. The highest BCUT2D eigenvalue weighted by atomic mass is 32.2. The summed E-state index contributed by atoms with van der Waals surface area (Å²) in [6, 6.07) is 7.01. The fourth-order valence-corrected chi connectivity index (χ4v) is 3.16. The third kappa shape index (κ3) is 5.32. The molecule has 2 rings (SSSR count). The highest BCUT2D eigenvalue weighted by Gasteiger charge is 2.36. The van der Waals surface area contributed by atoms with Gasteiger partial charge in [-0.15, -0.1) is 11.8 Å². The summed E-state index contributed by atoms with van der Waals surface area (Å²) >= 11 is 1.71. The maximum Gasteiger partial charge on any atom is 0.237 e. The minimum atomic E-state index is -0.582. The molecule has 1 aliphatic rings. The van der Waals surface area contributed by atoms with Gasteiger partial charge in [0.2, 0.25) is 5.91 Å². The second-order valence-corrected chi connectivity index (χ2v) is 7.04. The molecule has 5 heteroatoms. The molecule has 1 saturated carbocycles. The summed E-state index contributed by atoms with van der Waals surface area (Å²) < 4.78 is 12.8. The first-order chi connectivity index (χ1) is 9.99. The molecular formula is C16H23FN2OS. The van der Waals surface area contributed by atoms with Crippen LogP contribution in [0, 0.1) is 5.82 Å². The van der Waals surface area contributed by atoms with Gasteiger partial charge in [-0.3, -0.25) is 4.79 Å². The summed E-state index contributed by atoms with van der Waals surface area (Å²) in [4.78, 5) is 12.7. The Morgan fingerprint density at radius 1 is 1.38 bits per heavy atom. The Morgan fingerprint density at radius 3 is 2.62 bits per heavy atom. The van der Waals surface area contributed by atoms with Gasteiger partial charge in [0, 0.05) is 10.9 Å². The van der Waals surface area contributed by atoms with E-state index in [-0.39, 0.29) is 11.7 Å². The molecule has 1 aromatic rings. The Hall–Kier alpha value is -1.07. The summed E-state index contributed by atoms with van der Waals surface area (Å²) in [6.07, 6.45) is 5.01. The molecule has 1 fully saturated rings. The van der Waals surface area contributed by atoms with Gasteiger partial charge >= 0.3 is 0 Å². The molecular weight excluding hydrogens is 287 g/mol. The molecule has 1 unspecified atom stereocenters. The lowest BCUT2D eigenvalue weighted by molar-refractivity contribution is -0.124. The predicted octanol–water partition coefficient (Wildman–Crippen LogP) is 3.08. The van der Waals surface area contributed by atoms with Crippen molar-refractivity contribution in [2.45, 2.75) is 55.5 Å². The van der Waals surface area contributed by atoms with Crippen LogP contribution in [0.1, 0.15) is 39.0 Å². The predicted molar refractivity (Wildman–Crippen MR) is 84.7 cm³/mol. The molecule has 0 aromatic heterocycles. The molecule has 0 bridgehead atoms. The van der Waals surface area contributed by atoms with Gasteiger partial charge in [-0.1, -0.05) is 6.42 Å². The maximum absolute atomic E-state index is 12.8. The molecule has 1 amide bonds. The number of amides is 1. The van der Waals surface area contributed by atoms with Crippen LogP contribution in [0.15, 0.2) is 29.2 Å². The molecule has 1 aliphatic carbocycles. The second kappa shape index (κ2) is 7.27. The first-order valence-corrected chi connectivity index (χ1v) is 8.44. The Kier molecular flexibility index (Phi) is 5.65. The number of halogens is 1. The van der Waals surface area contributed by atoms with Crippen molar-refractivity contribution < 1.29 is 9.18 Å². The third-order valence-electron chi connectivity index (χ3n) is 3.80. The van der Waals surface area contributed by atoms with E-state index in [0.29, 0.717) is 6.04 Å². The van der Waals surface area contributed by atoms with Crippen LogP contribution in [0.3, 0.4) is 0 Å². The van der Waals surface area contributed by atoms with Crippen molar-refractivity contribution in [1.82, 2.24) is 5.32 Å². The summed E-state index contributed by atoms with van der Waals surface area (Å²) in [5.74, 6) is 0.493. The first kappa shape index (κ1) is 16.3. The molecule has 1 aromatic carbocycles. The molecule has 0 saturated heterocycles. The molecule has 0 radical (unpaired) electrons. The van der Waals surface area contributed by atoms with E-state index in [2.05, 4.69) is 5.32 Å². The van der Waals surface area contributed by atoms with Crippen LogP contribution in [0.2, 0.25) is 0 Å². The fourth-order valence-electron chi connectivity index (χ4n) is 2.25. The van der Waals surface area contributed by atoms with Gasteiger partial charge < -0.3 is 11.1 Å². The van der Waals surface area contributed by atoms with Crippen molar-refractivity contribution in [3.05, 3.63) is 30.1 Å². The van der Waals surface area contributed by atoms with Gasteiger partial charge in [0.05, 0.1) is 5.54 Å². The van der Waals surface area contributed by atoms with Gasteiger partial charge in [-0.25, -0.2) is 4.39 Å². The number of hydrogen-bond donors (Lipinski definition) is 2. The van der Waals surface area contributed by atoms with E-state index >= 15 is 0 Å². The molecule has 3 nitrogen and oxygen atoms in total. The van der Waals surface area contributed by atoms with Crippen LogP contribution in [0.25, 0.3) is 0 Å². The molecule has 0 heterocycles. The van der Waals surface area contributed by atoms with E-state index in [1.165, 1.54) is 12.1 Å². The summed E-state index contributed by atoms with van der Waals surface area (Å²) in [5, 5.41) is 3.36. The molecule has 1 atom stereocenters. The first-order valence-electron chi connectivity index (χ1n) is 7.45. The van der Waals surface area contributed by atoms with Crippen molar-refractivity contribution in [2.75, 3.05) is 5.75 Å². The number of rotatable bonds is 9. The van der Waals surface area contributed by atoms with E-state index in [9.17, 15) is 9.18 Å². The number of thioether (sulfide) groups is 1. The number of primary amides is 1. The molecule has 0 spiro atoms. The van der Waals surface area contributed by atoms with Crippen LogP contribution in [-0.4, -0.2) is 23.2 Å². The van der Waals surface area contributed by atoms with Crippen molar-refractivity contribution in [3.63, 3.8) is 0 Å². The topological polar surface area (TPSA) is 55.1 Å². The summed E-state index contributed by atoms with van der Waals surface area (Å²) in [5.41, 5.74) is 4.94. The number of carbonyl (C=O) groups is 1. The average Bonchev–Trinajstić information content (AvgIpc) is 3.24. The van der Waals surface area contributed by atoms with Crippen LogP contribution < -0.4 is 11.1 Å². The number of carbonyl (C=O) groups excluding carboxylic acids is 1. The SMILES string of the molecule is CC(CCCCSc1ccc(F)cc1)(NC1CC1)C(N)=O. The quantitative estimate of drug-likeness (QED) is 0.544. The number of hydrogen-bond acceptors (Lipinski definition) is 3. The number of benzene rings is 1.